The van der Waals surface area contributed by atoms with Gasteiger partial charge in [0.2, 0.25) is 0 Å². The third-order valence-electron chi connectivity index (χ3n) is 6.55. The molecular formula is C30H39FN4O5S. The molecule has 0 N–H and O–H groups in total. The Hall–Kier alpha value is -3.47. The summed E-state index contributed by atoms with van der Waals surface area (Å²) < 4.78 is 45.7. The van der Waals surface area contributed by atoms with E-state index in [0.29, 0.717) is 25.2 Å². The van der Waals surface area contributed by atoms with Crippen molar-refractivity contribution in [3.05, 3.63) is 54.2 Å². The molecule has 0 spiro atoms. The highest BCUT2D eigenvalue weighted by molar-refractivity contribution is 7.94. The first kappa shape index (κ1) is 30.5. The number of ether oxygens (including phenoxy) is 2. The molecule has 0 aliphatic carbocycles. The van der Waals surface area contributed by atoms with Crippen LogP contribution >= 0.6 is 0 Å². The van der Waals surface area contributed by atoms with Gasteiger partial charge in [0.05, 0.1) is 32.0 Å². The lowest BCUT2D eigenvalue weighted by Gasteiger charge is -2.39. The van der Waals surface area contributed by atoms with E-state index in [1.165, 1.54) is 12.1 Å². The number of fused-ring (bicyclic) bond motifs is 1. The van der Waals surface area contributed by atoms with Gasteiger partial charge in [-0.15, -0.1) is 4.36 Å². The molecule has 1 fully saturated rings. The Kier molecular flexibility index (Phi) is 8.23. The number of amides is 2. The van der Waals surface area contributed by atoms with Crippen molar-refractivity contribution in [2.24, 2.45) is 10.3 Å². The maximum Gasteiger partial charge on any atom is 0.442 e. The number of likely N-dealkylation sites (tertiary alicyclic amines) is 1. The minimum absolute atomic E-state index is 0.102. The van der Waals surface area contributed by atoms with E-state index < -0.39 is 38.1 Å². The Balaban J connectivity index is 1.74. The second-order valence-corrected chi connectivity index (χ2v) is 15.4. The molecule has 3 heterocycles. The molecule has 1 aliphatic rings. The van der Waals surface area contributed by atoms with Crippen LogP contribution in [0.1, 0.15) is 61.0 Å². The predicted octanol–water partition coefficient (Wildman–Crippen LogP) is 6.74. The molecule has 4 rings (SSSR count). The molecule has 41 heavy (non-hydrogen) atoms. The van der Waals surface area contributed by atoms with E-state index in [1.54, 1.807) is 58.0 Å². The summed E-state index contributed by atoms with van der Waals surface area (Å²) in [6.45, 7) is 15.1. The molecule has 2 amide bonds. The van der Waals surface area contributed by atoms with Gasteiger partial charge < -0.3 is 18.9 Å². The van der Waals surface area contributed by atoms with E-state index in [2.05, 4.69) is 9.35 Å². The number of hydrogen-bond acceptors (Lipinski definition) is 6. The molecule has 3 aromatic rings. The van der Waals surface area contributed by atoms with Crippen LogP contribution in [0.5, 0.6) is 0 Å². The van der Waals surface area contributed by atoms with Crippen molar-refractivity contribution in [2.75, 3.05) is 13.1 Å². The molecule has 0 radical (unpaired) electrons. The zero-order valence-corrected chi connectivity index (χ0v) is 25.8. The highest BCUT2D eigenvalue weighted by Crippen LogP contribution is 2.34. The van der Waals surface area contributed by atoms with Crippen LogP contribution in [0.15, 0.2) is 52.1 Å². The van der Waals surface area contributed by atoms with Gasteiger partial charge in [-0.3, -0.25) is 4.98 Å². The molecule has 0 saturated carbocycles. The van der Waals surface area contributed by atoms with Crippen molar-refractivity contribution in [2.45, 2.75) is 83.2 Å². The third kappa shape index (κ3) is 6.89. The van der Waals surface area contributed by atoms with Crippen molar-refractivity contribution in [1.82, 2.24) is 14.5 Å². The normalized spacial score (nSPS) is 15.9. The number of carbonyl (C=O) groups excluding carboxylic acids is 2. The molecule has 1 aliphatic heterocycles. The maximum absolute atomic E-state index is 14.7. The molecule has 0 bridgehead atoms. The Morgan fingerprint density at radius 2 is 1.76 bits per heavy atom. The number of rotatable bonds is 5. The molecule has 11 heteroatoms. The number of benzene rings is 1. The quantitative estimate of drug-likeness (QED) is 0.328. The molecule has 9 nitrogen and oxygen atoms in total. The van der Waals surface area contributed by atoms with Gasteiger partial charge in [0, 0.05) is 36.1 Å². The monoisotopic (exact) mass is 586 g/mol. The minimum Gasteiger partial charge on any atom is -0.444 e. The summed E-state index contributed by atoms with van der Waals surface area (Å²) in [5, 5.41) is 0.315. The number of halogens is 1. The summed E-state index contributed by atoms with van der Waals surface area (Å²) in [5.41, 5.74) is 0.791. The van der Waals surface area contributed by atoms with Gasteiger partial charge >= 0.3 is 12.2 Å². The smallest absolute Gasteiger partial charge is 0.442 e. The van der Waals surface area contributed by atoms with Crippen LogP contribution in [0.25, 0.3) is 16.6 Å². The first-order valence-corrected chi connectivity index (χ1v) is 15.3. The van der Waals surface area contributed by atoms with E-state index in [1.807, 2.05) is 37.6 Å². The average molecular weight is 587 g/mol. The van der Waals surface area contributed by atoms with Gasteiger partial charge in [0.15, 0.2) is 0 Å². The lowest BCUT2D eigenvalue weighted by molar-refractivity contribution is -0.000855. The van der Waals surface area contributed by atoms with E-state index in [4.69, 9.17) is 9.47 Å². The number of aromatic nitrogens is 2. The van der Waals surface area contributed by atoms with E-state index in [0.717, 1.165) is 16.5 Å². The van der Waals surface area contributed by atoms with Crippen LogP contribution in [-0.4, -0.2) is 60.4 Å². The average Bonchev–Trinajstić information content (AvgIpc) is 3.16. The van der Waals surface area contributed by atoms with Crippen molar-refractivity contribution >= 4 is 32.8 Å². The van der Waals surface area contributed by atoms with Gasteiger partial charge in [-0.25, -0.2) is 18.2 Å². The van der Waals surface area contributed by atoms with Crippen LogP contribution in [0.3, 0.4) is 0 Å². The summed E-state index contributed by atoms with van der Waals surface area (Å²) in [5.74, 6) is -0.368. The Bertz CT molecular complexity index is 1590. The summed E-state index contributed by atoms with van der Waals surface area (Å²) in [6.07, 6.45) is 4.71. The van der Waals surface area contributed by atoms with Gasteiger partial charge in [-0.2, -0.15) is 0 Å². The fourth-order valence-corrected chi connectivity index (χ4v) is 6.54. The fraction of sp³-hybridized carbons (Fsp3) is 0.500. The molecule has 1 atom stereocenters. The molecule has 1 unspecified atom stereocenters. The summed E-state index contributed by atoms with van der Waals surface area (Å²) in [6, 6.07) is 5.91. The fourth-order valence-electron chi connectivity index (χ4n) is 4.71. The molecule has 1 aromatic carbocycles. The molecule has 2 aromatic heterocycles. The second kappa shape index (κ2) is 11.1. The Morgan fingerprint density at radius 1 is 1.10 bits per heavy atom. The predicted molar refractivity (Wildman–Crippen MR) is 156 cm³/mol. The standard InChI is InChI=1S/C30H39FN4O5S/c1-19(2)41(38,33-27(36)39-29(3,4)5)26-14-22(31)9-10-24(26)35-18-21(23-11-12-32-15-25(23)35)13-20-16-34(17-20)28(37)40-30(6,7)8/h9-12,14-15,18-20H,13,16-17H2,1-8H3. The molecule has 1 saturated heterocycles. The third-order valence-corrected chi connectivity index (χ3v) is 9.20. The zero-order valence-electron chi connectivity index (χ0n) is 24.9. The lowest BCUT2D eigenvalue weighted by atomic mass is 9.92. The summed E-state index contributed by atoms with van der Waals surface area (Å²) in [7, 11) is -3.45. The van der Waals surface area contributed by atoms with Crippen LogP contribution in [-0.2, 0) is 25.6 Å². The van der Waals surface area contributed by atoms with Gasteiger partial charge in [0.1, 0.15) is 17.0 Å². The number of nitrogens with zero attached hydrogens (tertiary/aromatic N) is 4. The van der Waals surface area contributed by atoms with Crippen molar-refractivity contribution in [1.29, 1.82) is 0 Å². The minimum atomic E-state index is -3.45. The van der Waals surface area contributed by atoms with E-state index in [-0.39, 0.29) is 16.9 Å². The first-order chi connectivity index (χ1) is 19.0. The Morgan fingerprint density at radius 3 is 2.37 bits per heavy atom. The van der Waals surface area contributed by atoms with E-state index >= 15 is 0 Å². The van der Waals surface area contributed by atoms with Gasteiger partial charge in [-0.05, 0) is 97.6 Å². The summed E-state index contributed by atoms with van der Waals surface area (Å²) in [4.78, 5) is 31.2. The van der Waals surface area contributed by atoms with Crippen LogP contribution in [0.4, 0.5) is 14.0 Å². The highest BCUT2D eigenvalue weighted by Gasteiger charge is 2.34. The van der Waals surface area contributed by atoms with Crippen molar-refractivity contribution in [3.8, 4) is 5.69 Å². The lowest BCUT2D eigenvalue weighted by Crippen LogP contribution is -2.52. The highest BCUT2D eigenvalue weighted by atomic mass is 32.2. The van der Waals surface area contributed by atoms with Crippen molar-refractivity contribution < 1.29 is 27.7 Å². The number of hydrogen-bond donors (Lipinski definition) is 0. The molecule has 222 valence electrons. The Labute approximate surface area is 241 Å². The zero-order chi connectivity index (χ0) is 30.3. The van der Waals surface area contributed by atoms with Gasteiger partial charge in [-0.1, -0.05) is 0 Å². The largest absolute Gasteiger partial charge is 0.444 e. The van der Waals surface area contributed by atoms with Gasteiger partial charge in [0.25, 0.3) is 0 Å². The second-order valence-electron chi connectivity index (χ2n) is 12.7. The SMILES string of the molecule is CC(C)S(=O)(=NC(=O)OC(C)(C)C)c1cc(F)ccc1-n1cc(CC2CN(C(=O)OC(C)(C)C)C2)c2ccncc21. The van der Waals surface area contributed by atoms with Crippen LogP contribution < -0.4 is 0 Å². The van der Waals surface area contributed by atoms with E-state index in [9.17, 15) is 18.2 Å². The topological polar surface area (TPSA) is 103 Å². The number of carbonyl (C=O) groups is 2. The first-order valence-electron chi connectivity index (χ1n) is 13.7. The molecular weight excluding hydrogens is 547 g/mol. The van der Waals surface area contributed by atoms with Crippen LogP contribution in [0.2, 0.25) is 0 Å². The summed E-state index contributed by atoms with van der Waals surface area (Å²) >= 11 is 0. The maximum atomic E-state index is 14.7. The number of pyridine rings is 1. The van der Waals surface area contributed by atoms with Crippen molar-refractivity contribution in [3.63, 3.8) is 0 Å². The van der Waals surface area contributed by atoms with Crippen LogP contribution in [0, 0.1) is 11.7 Å².